The van der Waals surface area contributed by atoms with Crippen molar-refractivity contribution in [3.8, 4) is 0 Å². The maximum atomic E-state index is 12.8. The van der Waals surface area contributed by atoms with Gasteiger partial charge < -0.3 is 24.2 Å². The summed E-state index contributed by atoms with van der Waals surface area (Å²) in [6.45, 7) is 4.35. The number of aliphatic hydroxyl groups excluding tert-OH is 1. The third-order valence-corrected chi connectivity index (χ3v) is 11.7. The maximum absolute atomic E-state index is 12.8. The van der Waals surface area contributed by atoms with E-state index in [9.17, 15) is 28.9 Å². The lowest BCUT2D eigenvalue weighted by atomic mass is 10.1. The van der Waals surface area contributed by atoms with Crippen LogP contribution in [-0.4, -0.2) is 66.5 Å². The van der Waals surface area contributed by atoms with E-state index in [-0.39, 0.29) is 25.9 Å². The van der Waals surface area contributed by atoms with E-state index in [4.69, 9.17) is 23.3 Å². The number of allylic oxidation sites excluding steroid dienone is 14. The van der Waals surface area contributed by atoms with E-state index in [0.717, 1.165) is 141 Å². The fraction of sp³-hybridized carbons (Fsp3) is 0.696. The van der Waals surface area contributed by atoms with Gasteiger partial charge in [0.15, 0.2) is 6.10 Å². The van der Waals surface area contributed by atoms with E-state index in [0.29, 0.717) is 19.3 Å². The Labute approximate surface area is 413 Å². The number of ether oxygens (including phenoxy) is 3. The van der Waals surface area contributed by atoms with Crippen molar-refractivity contribution in [1.29, 1.82) is 0 Å². The Kier molecular flexibility index (Phi) is 47.6. The number of phosphoric ester groups is 1. The van der Waals surface area contributed by atoms with Gasteiger partial charge in [-0.2, -0.15) is 0 Å². The Morgan fingerprint density at radius 2 is 0.794 bits per heavy atom. The van der Waals surface area contributed by atoms with Crippen LogP contribution in [0.3, 0.4) is 0 Å². The average Bonchev–Trinajstić information content (AvgIpc) is 3.32. The number of hydrogen-bond donors (Lipinski definition) is 2. The van der Waals surface area contributed by atoms with Gasteiger partial charge in [0, 0.05) is 19.3 Å². The fourth-order valence-electron chi connectivity index (χ4n) is 6.72. The Morgan fingerprint density at radius 1 is 0.426 bits per heavy atom. The van der Waals surface area contributed by atoms with Crippen LogP contribution in [0.1, 0.15) is 213 Å². The molecule has 0 bridgehead atoms. The molecule has 0 heterocycles. The zero-order valence-corrected chi connectivity index (χ0v) is 43.7. The molecule has 0 saturated heterocycles. The quantitative estimate of drug-likeness (QED) is 0.0197. The summed E-state index contributed by atoms with van der Waals surface area (Å²) in [5.74, 6) is -1.53. The van der Waals surface area contributed by atoms with Crippen LogP contribution in [0.25, 0.3) is 0 Å². The normalized spacial score (nSPS) is 14.1. The lowest BCUT2D eigenvalue weighted by Crippen LogP contribution is -2.30. The second-order valence-electron chi connectivity index (χ2n) is 17.3. The Morgan fingerprint density at radius 3 is 1.25 bits per heavy atom. The fourth-order valence-corrected chi connectivity index (χ4v) is 7.50. The lowest BCUT2D eigenvalue weighted by molar-refractivity contribution is -0.161. The van der Waals surface area contributed by atoms with Crippen LogP contribution in [0, 0.1) is 0 Å². The maximum Gasteiger partial charge on any atom is 0.472 e. The smallest absolute Gasteiger partial charge is 0.462 e. The van der Waals surface area contributed by atoms with Gasteiger partial charge in [0.05, 0.1) is 19.8 Å². The number of hydrogen-bond acceptors (Lipinski definition) is 10. The first-order chi connectivity index (χ1) is 33.2. The molecule has 0 fully saturated rings. The molecule has 68 heavy (non-hydrogen) atoms. The summed E-state index contributed by atoms with van der Waals surface area (Å²) in [6, 6.07) is 0. The van der Waals surface area contributed by atoms with E-state index in [1.807, 2.05) is 0 Å². The van der Waals surface area contributed by atoms with Gasteiger partial charge >= 0.3 is 25.7 Å². The minimum atomic E-state index is -4.75. The summed E-state index contributed by atoms with van der Waals surface area (Å²) in [4.78, 5) is 48.3. The highest BCUT2D eigenvalue weighted by Gasteiger charge is 2.28. The highest BCUT2D eigenvalue weighted by Crippen LogP contribution is 2.43. The average molecular weight is 975 g/mol. The molecule has 0 aromatic heterocycles. The molecule has 0 rings (SSSR count). The first-order valence-electron chi connectivity index (χ1n) is 26.5. The van der Waals surface area contributed by atoms with Crippen LogP contribution >= 0.6 is 7.82 Å². The van der Waals surface area contributed by atoms with Crippen LogP contribution in [0.4, 0.5) is 0 Å². The van der Waals surface area contributed by atoms with E-state index in [1.54, 1.807) is 0 Å². The summed E-state index contributed by atoms with van der Waals surface area (Å²) in [5, 5.41) is 9.76. The number of carbonyl (C=O) groups excluding carboxylic acids is 3. The molecular formula is C56H95O11P. The van der Waals surface area contributed by atoms with Crippen molar-refractivity contribution in [2.75, 3.05) is 26.4 Å². The highest BCUT2D eigenvalue weighted by molar-refractivity contribution is 7.47. The molecule has 0 saturated carbocycles. The van der Waals surface area contributed by atoms with Gasteiger partial charge in [-0.15, -0.1) is 0 Å². The third kappa shape index (κ3) is 47.7. The first-order valence-corrected chi connectivity index (χ1v) is 28.0. The van der Waals surface area contributed by atoms with E-state index in [2.05, 4.69) is 106 Å². The van der Waals surface area contributed by atoms with Crippen molar-refractivity contribution in [1.82, 2.24) is 0 Å². The molecule has 3 unspecified atom stereocenters. The van der Waals surface area contributed by atoms with Crippen molar-refractivity contribution in [2.24, 2.45) is 0 Å². The van der Waals surface area contributed by atoms with Crippen molar-refractivity contribution in [2.45, 2.75) is 226 Å². The molecule has 0 radical (unpaired) electrons. The molecule has 12 heteroatoms. The third-order valence-electron chi connectivity index (χ3n) is 10.8. The second kappa shape index (κ2) is 50.1. The number of phosphoric acid groups is 1. The van der Waals surface area contributed by atoms with Gasteiger partial charge in [0.2, 0.25) is 0 Å². The lowest BCUT2D eigenvalue weighted by Gasteiger charge is -2.21. The van der Waals surface area contributed by atoms with Gasteiger partial charge in [0.1, 0.15) is 12.7 Å². The van der Waals surface area contributed by atoms with Crippen molar-refractivity contribution in [3.05, 3.63) is 85.1 Å². The highest BCUT2D eigenvalue weighted by atomic mass is 31.2. The number of aliphatic hydroxyl groups is 1. The molecule has 0 amide bonds. The Bertz CT molecular complexity index is 1460. The molecule has 0 aliphatic heterocycles. The van der Waals surface area contributed by atoms with Gasteiger partial charge in [-0.25, -0.2) is 4.57 Å². The summed E-state index contributed by atoms with van der Waals surface area (Å²) >= 11 is 0. The molecular weight excluding hydrogens is 880 g/mol. The first kappa shape index (κ1) is 64.7. The summed E-state index contributed by atoms with van der Waals surface area (Å²) in [6.07, 6.45) is 55.5. The summed E-state index contributed by atoms with van der Waals surface area (Å²) in [7, 11) is -4.75. The van der Waals surface area contributed by atoms with Crippen molar-refractivity contribution >= 4 is 25.7 Å². The van der Waals surface area contributed by atoms with E-state index in [1.165, 1.54) is 12.8 Å². The molecule has 11 nitrogen and oxygen atoms in total. The molecule has 2 N–H and O–H groups in total. The SMILES string of the molecule is CC/C=C\C/C=C\C/C=C\C/C=C\CCCCCCC(=O)OCC(COP(=O)(O)OCC(CO)OC(=O)CCCCCCC/C=C\CCCC)OC(=O)CCCCCCC/C=C\C/C=C\CCC. The van der Waals surface area contributed by atoms with Crippen LogP contribution in [-0.2, 0) is 42.2 Å². The number of carbonyl (C=O) groups is 3. The summed E-state index contributed by atoms with van der Waals surface area (Å²) < 4.78 is 39.3. The molecule has 390 valence electrons. The van der Waals surface area contributed by atoms with E-state index < -0.39 is 57.8 Å². The summed E-state index contributed by atoms with van der Waals surface area (Å²) in [5.41, 5.74) is 0. The van der Waals surface area contributed by atoms with E-state index >= 15 is 0 Å². The van der Waals surface area contributed by atoms with Gasteiger partial charge in [-0.3, -0.25) is 23.4 Å². The largest absolute Gasteiger partial charge is 0.472 e. The van der Waals surface area contributed by atoms with Crippen LogP contribution < -0.4 is 0 Å². The Hall–Kier alpha value is -3.34. The predicted molar refractivity (Wildman–Crippen MR) is 279 cm³/mol. The zero-order valence-electron chi connectivity index (χ0n) is 42.8. The van der Waals surface area contributed by atoms with Crippen molar-refractivity contribution < 1.29 is 52.2 Å². The molecule has 0 aliphatic rings. The number of unbranched alkanes of at least 4 members (excludes halogenated alkanes) is 17. The van der Waals surface area contributed by atoms with Gasteiger partial charge in [-0.1, -0.05) is 176 Å². The topological polar surface area (TPSA) is 155 Å². The minimum Gasteiger partial charge on any atom is -0.462 e. The Balaban J connectivity index is 4.80. The number of esters is 3. The van der Waals surface area contributed by atoms with Crippen LogP contribution in [0.5, 0.6) is 0 Å². The molecule has 0 aliphatic carbocycles. The monoisotopic (exact) mass is 975 g/mol. The number of rotatable bonds is 48. The molecule has 3 atom stereocenters. The molecule has 0 spiro atoms. The molecule has 0 aromatic carbocycles. The van der Waals surface area contributed by atoms with Gasteiger partial charge in [0.25, 0.3) is 0 Å². The second-order valence-corrected chi connectivity index (χ2v) is 18.8. The molecule has 0 aromatic rings. The minimum absolute atomic E-state index is 0.142. The van der Waals surface area contributed by atoms with Gasteiger partial charge in [-0.05, 0) is 103 Å². The predicted octanol–water partition coefficient (Wildman–Crippen LogP) is 15.1. The standard InChI is InChI=1S/C56H95O11P/c1-4-7-10-13-16-19-22-24-25-26-27-29-31-33-36-39-42-45-54(58)63-49-53(67-56(60)47-44-41-38-35-32-28-23-20-17-14-11-8-5-2)51-65-68(61,62)64-50-52(48-57)66-55(59)46-43-40-37-34-30-21-18-15-12-9-6-3/h7,10-11,14-16,18-20,23-25,27,29,52-53,57H,4-6,8-9,12-13,17,21-22,26,28,30-51H2,1-3H3,(H,61,62)/b10-7-,14-11-,18-15-,19-16-,23-20-,25-24-,29-27-. The van der Waals surface area contributed by atoms with Crippen LogP contribution in [0.2, 0.25) is 0 Å². The zero-order chi connectivity index (χ0) is 49.9. The van der Waals surface area contributed by atoms with Crippen LogP contribution in [0.15, 0.2) is 85.1 Å². The van der Waals surface area contributed by atoms with Crippen molar-refractivity contribution in [3.63, 3.8) is 0 Å².